The van der Waals surface area contributed by atoms with Crippen molar-refractivity contribution in [3.8, 4) is 0 Å². The minimum atomic E-state index is -3.34. The van der Waals surface area contributed by atoms with Crippen LogP contribution in [-0.4, -0.2) is 92.6 Å². The first kappa shape index (κ1) is 24.8. The Morgan fingerprint density at radius 2 is 1.82 bits per heavy atom. The first-order valence-electron chi connectivity index (χ1n) is 9.99. The van der Waals surface area contributed by atoms with Gasteiger partial charge in [0, 0.05) is 26.2 Å². The highest BCUT2D eigenvalue weighted by Crippen LogP contribution is 2.22. The summed E-state index contributed by atoms with van der Waals surface area (Å²) >= 11 is 0. The van der Waals surface area contributed by atoms with Crippen molar-refractivity contribution in [3.05, 3.63) is 0 Å². The monoisotopic (exact) mass is 419 g/mol. The number of ether oxygens (including phenoxy) is 1. The molecule has 28 heavy (non-hydrogen) atoms. The molecule has 0 aromatic heterocycles. The molecule has 0 aliphatic carbocycles. The van der Waals surface area contributed by atoms with E-state index in [0.29, 0.717) is 38.9 Å². The molecule has 0 N–H and O–H groups in total. The Hall–Kier alpha value is -1.19. The van der Waals surface area contributed by atoms with Crippen molar-refractivity contribution in [2.24, 2.45) is 5.92 Å². The third-order valence-corrected chi connectivity index (χ3v) is 6.50. The molecule has 8 nitrogen and oxygen atoms in total. The van der Waals surface area contributed by atoms with Crippen LogP contribution in [0.15, 0.2) is 0 Å². The zero-order valence-electron chi connectivity index (χ0n) is 18.2. The first-order chi connectivity index (χ1) is 12.9. The molecule has 0 radical (unpaired) electrons. The number of amides is 1. The molecule has 0 aromatic carbocycles. The smallest absolute Gasteiger partial charge is 0.326 e. The van der Waals surface area contributed by atoms with Crippen LogP contribution in [0, 0.1) is 5.92 Å². The van der Waals surface area contributed by atoms with E-state index in [9.17, 15) is 18.0 Å². The number of carbonyl (C=O) groups is 2. The minimum Gasteiger partial charge on any atom is -0.459 e. The summed E-state index contributed by atoms with van der Waals surface area (Å²) in [5.41, 5.74) is -0.622. The van der Waals surface area contributed by atoms with Gasteiger partial charge in [0.05, 0.1) is 11.7 Å². The van der Waals surface area contributed by atoms with Gasteiger partial charge in [0.25, 0.3) is 0 Å². The molecule has 1 fully saturated rings. The molecule has 1 aliphatic heterocycles. The number of hydrogen-bond acceptors (Lipinski definition) is 6. The van der Waals surface area contributed by atoms with Crippen LogP contribution in [0.5, 0.6) is 0 Å². The number of piperidine rings is 1. The van der Waals surface area contributed by atoms with Crippen molar-refractivity contribution in [2.45, 2.75) is 52.6 Å². The van der Waals surface area contributed by atoms with Crippen molar-refractivity contribution < 1.29 is 22.7 Å². The normalized spacial score (nSPS) is 18.9. The van der Waals surface area contributed by atoms with Crippen LogP contribution in [0.2, 0.25) is 0 Å². The Morgan fingerprint density at radius 1 is 1.18 bits per heavy atom. The fourth-order valence-corrected chi connectivity index (χ4v) is 4.75. The molecular formula is C19H37N3O5S. The summed E-state index contributed by atoms with van der Waals surface area (Å²) < 4.78 is 31.6. The van der Waals surface area contributed by atoms with E-state index in [1.165, 1.54) is 9.21 Å². The van der Waals surface area contributed by atoms with E-state index in [1.54, 1.807) is 20.8 Å². The van der Waals surface area contributed by atoms with Gasteiger partial charge in [0.15, 0.2) is 0 Å². The number of hydrogen-bond donors (Lipinski definition) is 0. The number of nitrogens with zero attached hydrogens (tertiary/aromatic N) is 3. The summed E-state index contributed by atoms with van der Waals surface area (Å²) in [5.74, 6) is -0.962. The van der Waals surface area contributed by atoms with Gasteiger partial charge in [0.1, 0.15) is 12.1 Å². The van der Waals surface area contributed by atoms with E-state index in [0.717, 1.165) is 0 Å². The topological polar surface area (TPSA) is 87.2 Å². The van der Waals surface area contributed by atoms with Gasteiger partial charge in [0.2, 0.25) is 15.9 Å². The maximum Gasteiger partial charge on any atom is 0.326 e. The maximum absolute atomic E-state index is 13.1. The molecule has 1 saturated heterocycles. The van der Waals surface area contributed by atoms with Gasteiger partial charge in [-0.3, -0.25) is 9.59 Å². The van der Waals surface area contributed by atoms with Gasteiger partial charge in [-0.2, -0.15) is 0 Å². The van der Waals surface area contributed by atoms with E-state index in [1.807, 2.05) is 25.9 Å². The van der Waals surface area contributed by atoms with Crippen molar-refractivity contribution in [1.29, 1.82) is 0 Å². The summed E-state index contributed by atoms with van der Waals surface area (Å²) in [5, 5.41) is 0. The number of rotatable bonds is 9. The predicted octanol–water partition coefficient (Wildman–Crippen LogP) is 1.17. The summed E-state index contributed by atoms with van der Waals surface area (Å²) in [6.07, 6.45) is 1.82. The van der Waals surface area contributed by atoms with Crippen LogP contribution in [0.3, 0.4) is 0 Å². The van der Waals surface area contributed by atoms with Crippen molar-refractivity contribution in [2.75, 3.05) is 52.6 Å². The summed E-state index contributed by atoms with van der Waals surface area (Å²) in [6.45, 7) is 8.71. The fourth-order valence-electron chi connectivity index (χ4n) is 3.16. The lowest BCUT2D eigenvalue weighted by atomic mass is 9.98. The number of sulfonamides is 1. The van der Waals surface area contributed by atoms with Gasteiger partial charge in [-0.05, 0) is 54.1 Å². The van der Waals surface area contributed by atoms with E-state index >= 15 is 0 Å². The molecule has 0 aromatic rings. The summed E-state index contributed by atoms with van der Waals surface area (Å²) in [4.78, 5) is 28.8. The van der Waals surface area contributed by atoms with Crippen LogP contribution in [0.25, 0.3) is 0 Å². The van der Waals surface area contributed by atoms with Crippen LogP contribution in [0.1, 0.15) is 47.0 Å². The Bertz CT molecular complexity index is 628. The van der Waals surface area contributed by atoms with E-state index in [-0.39, 0.29) is 24.7 Å². The molecule has 1 aliphatic rings. The second-order valence-electron chi connectivity index (χ2n) is 8.66. The first-order valence-corrected chi connectivity index (χ1v) is 11.6. The van der Waals surface area contributed by atoms with Crippen LogP contribution in [0.4, 0.5) is 0 Å². The highest BCUT2D eigenvalue weighted by Gasteiger charge is 2.34. The van der Waals surface area contributed by atoms with Crippen LogP contribution in [-0.2, 0) is 24.3 Å². The van der Waals surface area contributed by atoms with Crippen molar-refractivity contribution >= 4 is 21.9 Å². The van der Waals surface area contributed by atoms with Crippen molar-refractivity contribution in [3.63, 3.8) is 0 Å². The van der Waals surface area contributed by atoms with Gasteiger partial charge < -0.3 is 14.5 Å². The molecule has 1 amide bonds. The zero-order chi connectivity index (χ0) is 21.5. The molecule has 1 atom stereocenters. The van der Waals surface area contributed by atoms with Gasteiger partial charge >= 0.3 is 5.97 Å². The third-order valence-electron chi connectivity index (χ3n) is 4.46. The largest absolute Gasteiger partial charge is 0.459 e. The molecule has 9 heteroatoms. The van der Waals surface area contributed by atoms with Gasteiger partial charge in [-0.25, -0.2) is 12.7 Å². The molecule has 0 spiro atoms. The Morgan fingerprint density at radius 3 is 2.36 bits per heavy atom. The number of likely N-dealkylation sites (N-methyl/N-ethyl adjacent to an activating group) is 1. The highest BCUT2D eigenvalue weighted by molar-refractivity contribution is 7.89. The molecule has 164 valence electrons. The summed E-state index contributed by atoms with van der Waals surface area (Å²) in [7, 11) is 0.462. The van der Waals surface area contributed by atoms with Gasteiger partial charge in [-0.1, -0.05) is 6.92 Å². The minimum absolute atomic E-state index is 0.0934. The quantitative estimate of drug-likeness (QED) is 0.522. The lowest BCUT2D eigenvalue weighted by Crippen LogP contribution is -2.50. The zero-order valence-corrected chi connectivity index (χ0v) is 19.0. The summed E-state index contributed by atoms with van der Waals surface area (Å²) in [6, 6.07) is 0. The Labute approximate surface area is 170 Å². The number of carbonyl (C=O) groups excluding carboxylic acids is 2. The average Bonchev–Trinajstić information content (AvgIpc) is 2.56. The standard InChI is InChI=1S/C19H37N3O5S/c1-7-13-28(25,26)22-10-8-9-16(14-22)18(24)21(12-11-20(5)6)15-17(23)27-19(2,3)4/h16H,7-15H2,1-6H3. The van der Waals surface area contributed by atoms with Crippen LogP contribution < -0.4 is 0 Å². The predicted molar refractivity (Wildman–Crippen MR) is 109 cm³/mol. The molecular weight excluding hydrogens is 382 g/mol. The van der Waals surface area contributed by atoms with E-state index in [2.05, 4.69) is 0 Å². The molecule has 0 saturated carbocycles. The molecule has 1 unspecified atom stereocenters. The van der Waals surface area contributed by atoms with Crippen LogP contribution >= 0.6 is 0 Å². The Balaban J connectivity index is 2.87. The SMILES string of the molecule is CCCS(=O)(=O)N1CCCC(C(=O)N(CCN(C)C)CC(=O)OC(C)(C)C)C1. The fraction of sp³-hybridized carbons (Fsp3) is 0.895. The second kappa shape index (κ2) is 10.5. The number of esters is 1. The van der Waals surface area contributed by atoms with Crippen molar-refractivity contribution in [1.82, 2.24) is 14.1 Å². The Kier molecular flexibility index (Phi) is 9.36. The van der Waals surface area contributed by atoms with E-state index < -0.39 is 27.5 Å². The second-order valence-corrected chi connectivity index (χ2v) is 10.8. The lowest BCUT2D eigenvalue weighted by Gasteiger charge is -2.34. The molecule has 0 bridgehead atoms. The highest BCUT2D eigenvalue weighted by atomic mass is 32.2. The van der Waals surface area contributed by atoms with Gasteiger partial charge in [-0.15, -0.1) is 0 Å². The molecule has 1 rings (SSSR count). The molecule has 1 heterocycles. The third kappa shape index (κ3) is 8.45. The van der Waals surface area contributed by atoms with E-state index in [4.69, 9.17) is 4.74 Å². The average molecular weight is 420 g/mol. The lowest BCUT2D eigenvalue weighted by molar-refractivity contribution is -0.160. The maximum atomic E-state index is 13.1.